The zero-order chi connectivity index (χ0) is 16.9. The van der Waals surface area contributed by atoms with Crippen molar-refractivity contribution >= 4 is 15.9 Å². The lowest BCUT2D eigenvalue weighted by molar-refractivity contribution is -0.135. The Balaban J connectivity index is 1.90. The monoisotopic (exact) mass is 346 g/mol. The number of ether oxygens (including phenoxy) is 1. The molecule has 2 rings (SSSR count). The van der Waals surface area contributed by atoms with Gasteiger partial charge in [-0.3, -0.25) is 4.79 Å². The lowest BCUT2D eigenvalue weighted by Gasteiger charge is -2.35. The molecule has 0 aromatic carbocycles. The molecule has 0 aliphatic carbocycles. The van der Waals surface area contributed by atoms with Gasteiger partial charge in [0.2, 0.25) is 15.9 Å². The normalized spacial score (nSPS) is 26.0. The zero-order valence-corrected chi connectivity index (χ0v) is 15.2. The number of rotatable bonds is 7. The second kappa shape index (κ2) is 8.44. The van der Waals surface area contributed by atoms with Crippen LogP contribution in [0.15, 0.2) is 0 Å². The third kappa shape index (κ3) is 5.43. The van der Waals surface area contributed by atoms with Crippen LogP contribution in [0, 0.1) is 0 Å². The standard InChI is InChI=1S/C16H30N2O4S/c1-3-14-7-4-5-10-18(14)16(19)9-11-17(23(2,20)21)13-15-8-6-12-22-15/h14-15H,3-13H2,1-2H3. The van der Waals surface area contributed by atoms with E-state index in [4.69, 9.17) is 4.74 Å². The number of sulfonamides is 1. The van der Waals surface area contributed by atoms with Crippen molar-refractivity contribution in [3.8, 4) is 0 Å². The van der Waals surface area contributed by atoms with E-state index in [2.05, 4.69) is 6.92 Å². The maximum atomic E-state index is 12.5. The fraction of sp³-hybridized carbons (Fsp3) is 0.938. The first-order valence-electron chi connectivity index (χ1n) is 8.78. The van der Waals surface area contributed by atoms with Crippen LogP contribution < -0.4 is 0 Å². The van der Waals surface area contributed by atoms with Crippen LogP contribution in [0.5, 0.6) is 0 Å². The van der Waals surface area contributed by atoms with Crippen LogP contribution in [0.25, 0.3) is 0 Å². The molecule has 0 radical (unpaired) electrons. The number of carbonyl (C=O) groups excluding carboxylic acids is 1. The molecule has 6 nitrogen and oxygen atoms in total. The van der Waals surface area contributed by atoms with Gasteiger partial charge < -0.3 is 9.64 Å². The smallest absolute Gasteiger partial charge is 0.224 e. The first-order valence-corrected chi connectivity index (χ1v) is 10.6. The molecule has 23 heavy (non-hydrogen) atoms. The number of likely N-dealkylation sites (tertiary alicyclic amines) is 1. The van der Waals surface area contributed by atoms with E-state index in [-0.39, 0.29) is 25.0 Å². The Morgan fingerprint density at radius 1 is 1.26 bits per heavy atom. The minimum Gasteiger partial charge on any atom is -0.377 e. The van der Waals surface area contributed by atoms with E-state index in [1.54, 1.807) is 0 Å². The summed E-state index contributed by atoms with van der Waals surface area (Å²) < 4.78 is 30.9. The molecule has 0 saturated carbocycles. The molecule has 2 fully saturated rings. The molecule has 0 aromatic heterocycles. The van der Waals surface area contributed by atoms with Crippen LogP contribution >= 0.6 is 0 Å². The number of nitrogens with zero attached hydrogens (tertiary/aromatic N) is 2. The van der Waals surface area contributed by atoms with Gasteiger partial charge in [0.05, 0.1) is 12.4 Å². The van der Waals surface area contributed by atoms with Crippen molar-refractivity contribution in [2.24, 2.45) is 0 Å². The molecule has 2 saturated heterocycles. The maximum Gasteiger partial charge on any atom is 0.224 e. The second-order valence-corrected chi connectivity index (χ2v) is 8.63. The summed E-state index contributed by atoms with van der Waals surface area (Å²) in [5, 5.41) is 0. The van der Waals surface area contributed by atoms with E-state index in [0.29, 0.717) is 19.2 Å². The summed E-state index contributed by atoms with van der Waals surface area (Å²) >= 11 is 0. The van der Waals surface area contributed by atoms with E-state index in [9.17, 15) is 13.2 Å². The van der Waals surface area contributed by atoms with E-state index in [0.717, 1.165) is 38.6 Å². The van der Waals surface area contributed by atoms with Crippen molar-refractivity contribution < 1.29 is 17.9 Å². The summed E-state index contributed by atoms with van der Waals surface area (Å²) in [6.07, 6.45) is 7.57. The summed E-state index contributed by atoms with van der Waals surface area (Å²) in [5.74, 6) is 0.0811. The average molecular weight is 346 g/mol. The van der Waals surface area contributed by atoms with Crippen molar-refractivity contribution in [2.45, 2.75) is 64.0 Å². The highest BCUT2D eigenvalue weighted by Gasteiger charge is 2.28. The van der Waals surface area contributed by atoms with Gasteiger partial charge in [0.1, 0.15) is 0 Å². The number of piperidine rings is 1. The molecule has 2 atom stereocenters. The Kier molecular flexibility index (Phi) is 6.85. The first-order chi connectivity index (χ1) is 10.9. The third-order valence-electron chi connectivity index (χ3n) is 4.89. The number of hydrogen-bond acceptors (Lipinski definition) is 4. The highest BCUT2D eigenvalue weighted by atomic mass is 32.2. The highest BCUT2D eigenvalue weighted by Crippen LogP contribution is 2.21. The van der Waals surface area contributed by atoms with Gasteiger partial charge >= 0.3 is 0 Å². The molecule has 2 heterocycles. The number of carbonyl (C=O) groups is 1. The van der Waals surface area contributed by atoms with Crippen molar-refractivity contribution in [3.05, 3.63) is 0 Å². The van der Waals surface area contributed by atoms with Crippen LogP contribution in [-0.2, 0) is 19.6 Å². The Labute approximate surface area is 140 Å². The molecular formula is C16H30N2O4S. The van der Waals surface area contributed by atoms with Gasteiger partial charge in [-0.2, -0.15) is 4.31 Å². The minimum atomic E-state index is -3.32. The molecule has 134 valence electrons. The summed E-state index contributed by atoms with van der Waals surface area (Å²) in [7, 11) is -3.32. The van der Waals surface area contributed by atoms with Gasteiger partial charge in [-0.25, -0.2) is 8.42 Å². The lowest BCUT2D eigenvalue weighted by atomic mass is 9.99. The van der Waals surface area contributed by atoms with Gasteiger partial charge in [0, 0.05) is 38.7 Å². The quantitative estimate of drug-likeness (QED) is 0.702. The Morgan fingerprint density at radius 2 is 2.04 bits per heavy atom. The van der Waals surface area contributed by atoms with Crippen LogP contribution in [0.3, 0.4) is 0 Å². The van der Waals surface area contributed by atoms with E-state index in [1.807, 2.05) is 4.90 Å². The molecule has 2 unspecified atom stereocenters. The lowest BCUT2D eigenvalue weighted by Crippen LogP contribution is -2.45. The molecule has 1 amide bonds. The van der Waals surface area contributed by atoms with Crippen molar-refractivity contribution in [1.29, 1.82) is 0 Å². The summed E-state index contributed by atoms with van der Waals surface area (Å²) in [6.45, 7) is 4.24. The topological polar surface area (TPSA) is 66.9 Å². The summed E-state index contributed by atoms with van der Waals surface area (Å²) in [4.78, 5) is 14.5. The maximum absolute atomic E-state index is 12.5. The molecular weight excluding hydrogens is 316 g/mol. The van der Waals surface area contributed by atoms with Crippen LogP contribution in [0.2, 0.25) is 0 Å². The van der Waals surface area contributed by atoms with E-state index >= 15 is 0 Å². The summed E-state index contributed by atoms with van der Waals surface area (Å²) in [6, 6.07) is 0.320. The molecule has 0 bridgehead atoms. The average Bonchev–Trinajstić information content (AvgIpc) is 3.03. The van der Waals surface area contributed by atoms with Gasteiger partial charge in [-0.1, -0.05) is 6.92 Å². The van der Waals surface area contributed by atoms with Crippen LogP contribution in [-0.4, -0.2) is 68.2 Å². The molecule has 0 spiro atoms. The van der Waals surface area contributed by atoms with Gasteiger partial charge in [-0.15, -0.1) is 0 Å². The predicted molar refractivity (Wildman–Crippen MR) is 89.7 cm³/mol. The molecule has 0 N–H and O–H groups in total. The van der Waals surface area contributed by atoms with E-state index in [1.165, 1.54) is 17.0 Å². The largest absolute Gasteiger partial charge is 0.377 e. The fourth-order valence-electron chi connectivity index (χ4n) is 3.53. The number of amides is 1. The minimum absolute atomic E-state index is 0.0294. The number of hydrogen-bond donors (Lipinski definition) is 0. The van der Waals surface area contributed by atoms with Crippen molar-refractivity contribution in [2.75, 3.05) is 32.5 Å². The van der Waals surface area contributed by atoms with Crippen molar-refractivity contribution in [1.82, 2.24) is 9.21 Å². The molecule has 0 aromatic rings. The molecule has 7 heteroatoms. The second-order valence-electron chi connectivity index (χ2n) is 6.65. The molecule has 2 aliphatic heterocycles. The Morgan fingerprint density at radius 3 is 2.65 bits per heavy atom. The predicted octanol–water partition coefficient (Wildman–Crippen LogP) is 1.61. The van der Waals surface area contributed by atoms with Crippen molar-refractivity contribution in [3.63, 3.8) is 0 Å². The Hall–Kier alpha value is -0.660. The van der Waals surface area contributed by atoms with Gasteiger partial charge in [-0.05, 0) is 38.5 Å². The third-order valence-corrected chi connectivity index (χ3v) is 6.16. The highest BCUT2D eigenvalue weighted by molar-refractivity contribution is 7.88. The zero-order valence-electron chi connectivity index (χ0n) is 14.4. The Bertz CT molecular complexity index is 488. The van der Waals surface area contributed by atoms with Crippen LogP contribution in [0.1, 0.15) is 51.9 Å². The first kappa shape index (κ1) is 18.7. The van der Waals surface area contributed by atoms with Gasteiger partial charge in [0.15, 0.2) is 0 Å². The molecule has 2 aliphatic rings. The summed E-state index contributed by atoms with van der Waals surface area (Å²) in [5.41, 5.74) is 0. The van der Waals surface area contributed by atoms with Gasteiger partial charge in [0.25, 0.3) is 0 Å². The fourth-order valence-corrected chi connectivity index (χ4v) is 4.39. The SMILES string of the molecule is CCC1CCCCN1C(=O)CCN(CC1CCCO1)S(C)(=O)=O. The van der Waals surface area contributed by atoms with E-state index < -0.39 is 10.0 Å². The van der Waals surface area contributed by atoms with Crippen LogP contribution in [0.4, 0.5) is 0 Å².